The zero-order valence-electron chi connectivity index (χ0n) is 19.3. The summed E-state index contributed by atoms with van der Waals surface area (Å²) in [5, 5.41) is 0.614. The van der Waals surface area contributed by atoms with Crippen LogP contribution in [0.4, 0.5) is 13.2 Å². The SMILES string of the molecule is Cn1cccc1C(=O)N1CCN(CC(OCc2ccc(C(F)(F)F)cc2)c2ccc(Cl)cc2)CC1. The van der Waals surface area contributed by atoms with Crippen LogP contribution in [-0.4, -0.2) is 53.0 Å². The molecule has 2 aromatic carbocycles. The summed E-state index contributed by atoms with van der Waals surface area (Å²) in [7, 11) is 1.86. The van der Waals surface area contributed by atoms with Crippen molar-refractivity contribution in [2.75, 3.05) is 32.7 Å². The molecule has 0 radical (unpaired) electrons. The fourth-order valence-electron chi connectivity index (χ4n) is 4.13. The van der Waals surface area contributed by atoms with Crippen LogP contribution in [0.25, 0.3) is 0 Å². The van der Waals surface area contributed by atoms with Gasteiger partial charge >= 0.3 is 6.18 Å². The van der Waals surface area contributed by atoms with Gasteiger partial charge in [-0.25, -0.2) is 0 Å². The van der Waals surface area contributed by atoms with Crippen LogP contribution >= 0.6 is 11.6 Å². The van der Waals surface area contributed by atoms with Gasteiger partial charge in [0.25, 0.3) is 5.91 Å². The second-order valence-electron chi connectivity index (χ2n) is 8.64. The Bertz CT molecular complexity index is 1120. The Morgan fingerprint density at radius 2 is 1.66 bits per heavy atom. The molecule has 0 saturated carbocycles. The fourth-order valence-corrected chi connectivity index (χ4v) is 4.26. The van der Waals surface area contributed by atoms with Gasteiger partial charge in [-0.3, -0.25) is 9.69 Å². The molecule has 0 spiro atoms. The Morgan fingerprint density at radius 1 is 1.00 bits per heavy atom. The second kappa shape index (κ2) is 10.8. The van der Waals surface area contributed by atoms with Crippen LogP contribution in [0, 0.1) is 0 Å². The maximum absolute atomic E-state index is 12.9. The number of carbonyl (C=O) groups excluding carboxylic acids is 1. The maximum atomic E-state index is 12.9. The van der Waals surface area contributed by atoms with E-state index in [1.54, 1.807) is 12.1 Å². The number of nitrogens with zero attached hydrogens (tertiary/aromatic N) is 3. The highest BCUT2D eigenvalue weighted by Gasteiger charge is 2.30. The van der Waals surface area contributed by atoms with Gasteiger partial charge in [0.1, 0.15) is 5.69 Å². The van der Waals surface area contributed by atoms with E-state index in [1.165, 1.54) is 12.1 Å². The van der Waals surface area contributed by atoms with Crippen LogP contribution in [0.5, 0.6) is 0 Å². The molecule has 0 N–H and O–H groups in total. The van der Waals surface area contributed by atoms with Crippen molar-refractivity contribution < 1.29 is 22.7 Å². The smallest absolute Gasteiger partial charge is 0.368 e. The third-order valence-electron chi connectivity index (χ3n) is 6.22. The van der Waals surface area contributed by atoms with E-state index in [2.05, 4.69) is 4.90 Å². The van der Waals surface area contributed by atoms with Gasteiger partial charge in [0.2, 0.25) is 0 Å². The first-order chi connectivity index (χ1) is 16.7. The van der Waals surface area contributed by atoms with Crippen molar-refractivity contribution in [2.45, 2.75) is 18.9 Å². The van der Waals surface area contributed by atoms with Gasteiger partial charge in [-0.05, 0) is 47.5 Å². The number of rotatable bonds is 7. The van der Waals surface area contributed by atoms with Crippen LogP contribution in [-0.2, 0) is 24.6 Å². The first-order valence-electron chi connectivity index (χ1n) is 11.4. The van der Waals surface area contributed by atoms with Gasteiger partial charge in [0.15, 0.2) is 0 Å². The number of benzene rings is 2. The van der Waals surface area contributed by atoms with E-state index in [9.17, 15) is 18.0 Å². The monoisotopic (exact) mass is 505 g/mol. The summed E-state index contributed by atoms with van der Waals surface area (Å²) >= 11 is 6.05. The highest BCUT2D eigenvalue weighted by molar-refractivity contribution is 6.30. The first-order valence-corrected chi connectivity index (χ1v) is 11.7. The minimum absolute atomic E-state index is 0.0185. The van der Waals surface area contributed by atoms with Gasteiger partial charge in [-0.1, -0.05) is 35.9 Å². The number of ether oxygens (including phenoxy) is 1. The molecular weight excluding hydrogens is 479 g/mol. The normalized spacial score (nSPS) is 15.9. The molecule has 1 unspecified atom stereocenters. The summed E-state index contributed by atoms with van der Waals surface area (Å²) in [5.74, 6) is 0.0185. The van der Waals surface area contributed by atoms with Gasteiger partial charge in [0.05, 0.1) is 18.3 Å². The lowest BCUT2D eigenvalue weighted by Gasteiger charge is -2.36. The van der Waals surface area contributed by atoms with Crippen LogP contribution in [0.15, 0.2) is 66.9 Å². The zero-order chi connectivity index (χ0) is 25.0. The Labute approximate surface area is 207 Å². The molecular formula is C26H27ClF3N3O2. The predicted molar refractivity (Wildman–Crippen MR) is 128 cm³/mol. The molecule has 1 aliphatic heterocycles. The quantitative estimate of drug-likeness (QED) is 0.431. The van der Waals surface area contributed by atoms with Crippen molar-refractivity contribution in [2.24, 2.45) is 7.05 Å². The second-order valence-corrected chi connectivity index (χ2v) is 9.08. The third kappa shape index (κ3) is 6.45. The summed E-state index contributed by atoms with van der Waals surface area (Å²) in [5.41, 5.74) is 1.58. The topological polar surface area (TPSA) is 37.7 Å². The number of alkyl halides is 3. The van der Waals surface area contributed by atoms with Crippen molar-refractivity contribution in [3.05, 3.63) is 94.3 Å². The maximum Gasteiger partial charge on any atom is 0.416 e. The summed E-state index contributed by atoms with van der Waals surface area (Å²) in [6, 6.07) is 16.1. The van der Waals surface area contributed by atoms with E-state index >= 15 is 0 Å². The molecule has 186 valence electrons. The number of halogens is 4. The Morgan fingerprint density at radius 3 is 2.23 bits per heavy atom. The van der Waals surface area contributed by atoms with E-state index in [4.69, 9.17) is 16.3 Å². The summed E-state index contributed by atoms with van der Waals surface area (Å²) in [4.78, 5) is 16.9. The van der Waals surface area contributed by atoms with Crippen LogP contribution in [0.2, 0.25) is 5.02 Å². The Balaban J connectivity index is 1.39. The Kier molecular flexibility index (Phi) is 7.84. The van der Waals surface area contributed by atoms with Crippen molar-refractivity contribution >= 4 is 17.5 Å². The lowest BCUT2D eigenvalue weighted by atomic mass is 10.1. The molecule has 1 saturated heterocycles. The lowest BCUT2D eigenvalue weighted by molar-refractivity contribution is -0.137. The number of hydrogen-bond donors (Lipinski definition) is 0. The number of aromatic nitrogens is 1. The molecule has 35 heavy (non-hydrogen) atoms. The molecule has 0 bridgehead atoms. The van der Waals surface area contributed by atoms with Crippen molar-refractivity contribution in [1.29, 1.82) is 0 Å². The standard InChI is InChI=1S/C26H27ClF3N3O2/c1-31-12-2-3-23(31)25(34)33-15-13-32(14-16-33)17-24(20-6-10-22(27)11-7-20)35-18-19-4-8-21(9-5-19)26(28,29)30/h2-12,24H,13-18H2,1H3. The third-order valence-corrected chi connectivity index (χ3v) is 6.47. The number of carbonyl (C=O) groups is 1. The number of aryl methyl sites for hydroxylation is 1. The van der Waals surface area contributed by atoms with Crippen LogP contribution < -0.4 is 0 Å². The van der Waals surface area contributed by atoms with E-state index in [0.29, 0.717) is 49.0 Å². The minimum atomic E-state index is -4.37. The zero-order valence-corrected chi connectivity index (χ0v) is 20.1. The summed E-state index contributed by atoms with van der Waals surface area (Å²) in [6.45, 7) is 3.38. The molecule has 9 heteroatoms. The summed E-state index contributed by atoms with van der Waals surface area (Å²) in [6.07, 6.45) is -2.81. The van der Waals surface area contributed by atoms with E-state index in [1.807, 2.05) is 47.0 Å². The molecule has 1 fully saturated rings. The molecule has 1 amide bonds. The predicted octanol–water partition coefficient (Wildman–Crippen LogP) is 5.41. The number of amides is 1. The van der Waals surface area contributed by atoms with E-state index < -0.39 is 11.7 Å². The van der Waals surface area contributed by atoms with E-state index in [-0.39, 0.29) is 18.6 Å². The molecule has 3 aromatic rings. The van der Waals surface area contributed by atoms with Gasteiger partial charge in [-0.2, -0.15) is 13.2 Å². The Hall–Kier alpha value is -2.81. The molecule has 1 aromatic heterocycles. The first kappa shape index (κ1) is 25.3. The van der Waals surface area contributed by atoms with Crippen molar-refractivity contribution in [3.63, 3.8) is 0 Å². The highest BCUT2D eigenvalue weighted by Crippen LogP contribution is 2.30. The average molecular weight is 506 g/mol. The van der Waals surface area contributed by atoms with Gasteiger partial charge in [-0.15, -0.1) is 0 Å². The van der Waals surface area contributed by atoms with Crippen LogP contribution in [0.3, 0.4) is 0 Å². The van der Waals surface area contributed by atoms with Gasteiger partial charge in [0, 0.05) is 51.0 Å². The average Bonchev–Trinajstić information content (AvgIpc) is 3.28. The molecule has 0 aliphatic carbocycles. The molecule has 1 atom stereocenters. The molecule has 5 nitrogen and oxygen atoms in total. The summed E-state index contributed by atoms with van der Waals surface area (Å²) < 4.78 is 46.6. The largest absolute Gasteiger partial charge is 0.416 e. The van der Waals surface area contributed by atoms with E-state index in [0.717, 1.165) is 17.7 Å². The van der Waals surface area contributed by atoms with Crippen molar-refractivity contribution in [1.82, 2.24) is 14.4 Å². The van der Waals surface area contributed by atoms with Gasteiger partial charge < -0.3 is 14.2 Å². The molecule has 2 heterocycles. The molecule has 4 rings (SSSR count). The molecule has 1 aliphatic rings. The van der Waals surface area contributed by atoms with Crippen molar-refractivity contribution in [3.8, 4) is 0 Å². The fraction of sp³-hybridized carbons (Fsp3) is 0.346. The number of piperazine rings is 1. The highest BCUT2D eigenvalue weighted by atomic mass is 35.5. The van der Waals surface area contributed by atoms with Crippen LogP contribution in [0.1, 0.15) is 33.3 Å². The lowest BCUT2D eigenvalue weighted by Crippen LogP contribution is -2.50. The number of hydrogen-bond acceptors (Lipinski definition) is 3. The minimum Gasteiger partial charge on any atom is -0.368 e.